The van der Waals surface area contributed by atoms with E-state index in [0.29, 0.717) is 0 Å². The molecule has 0 bridgehead atoms. The zero-order valence-electron chi connectivity index (χ0n) is 8.89. The molecule has 0 aromatic carbocycles. The summed E-state index contributed by atoms with van der Waals surface area (Å²) in [6.45, 7) is 4.76. The molecule has 1 nitrogen and oxygen atoms in total. The molecule has 2 aliphatic rings. The van der Waals surface area contributed by atoms with Crippen LogP contribution >= 0.6 is 0 Å². The monoisotopic (exact) mass is 181 g/mol. The molecule has 2 fully saturated rings. The molecule has 2 aliphatic carbocycles. The third-order valence-electron chi connectivity index (χ3n) is 4.06. The quantitative estimate of drug-likeness (QED) is 0.643. The normalized spacial score (nSPS) is 33.9. The molecule has 2 saturated carbocycles. The van der Waals surface area contributed by atoms with Gasteiger partial charge in [-0.05, 0) is 50.1 Å². The highest BCUT2D eigenvalue weighted by Crippen LogP contribution is 2.47. The number of hydrogen-bond acceptors (Lipinski definition) is 1. The van der Waals surface area contributed by atoms with E-state index in [1.54, 1.807) is 0 Å². The average molecular weight is 181 g/mol. The van der Waals surface area contributed by atoms with Crippen LogP contribution in [0.1, 0.15) is 45.4 Å². The highest BCUT2D eigenvalue weighted by Gasteiger charge is 2.38. The van der Waals surface area contributed by atoms with Gasteiger partial charge in [0.1, 0.15) is 0 Å². The zero-order valence-corrected chi connectivity index (χ0v) is 8.89. The van der Waals surface area contributed by atoms with Crippen LogP contribution in [0.5, 0.6) is 0 Å². The van der Waals surface area contributed by atoms with E-state index >= 15 is 0 Å². The summed E-state index contributed by atoms with van der Waals surface area (Å²) < 4.78 is 0. The molecule has 0 saturated heterocycles. The van der Waals surface area contributed by atoms with Crippen molar-refractivity contribution in [2.75, 3.05) is 13.1 Å². The van der Waals surface area contributed by atoms with Crippen molar-refractivity contribution in [1.82, 2.24) is 5.32 Å². The fourth-order valence-corrected chi connectivity index (χ4v) is 2.80. The van der Waals surface area contributed by atoms with Gasteiger partial charge in [0.25, 0.3) is 0 Å². The van der Waals surface area contributed by atoms with Gasteiger partial charge in [0.05, 0.1) is 0 Å². The zero-order chi connectivity index (χ0) is 9.10. The molecular formula is C12H23N. The molecule has 1 heteroatoms. The van der Waals surface area contributed by atoms with Crippen LogP contribution in [0, 0.1) is 17.8 Å². The Morgan fingerprint density at radius 1 is 1.15 bits per heavy atom. The number of nitrogens with one attached hydrogen (secondary N) is 1. The first-order valence-electron chi connectivity index (χ1n) is 6.12. The molecule has 13 heavy (non-hydrogen) atoms. The summed E-state index contributed by atoms with van der Waals surface area (Å²) in [5.74, 6) is 3.28. The van der Waals surface area contributed by atoms with Crippen LogP contribution in [0.4, 0.5) is 0 Å². The van der Waals surface area contributed by atoms with Gasteiger partial charge in [0.2, 0.25) is 0 Å². The summed E-state index contributed by atoms with van der Waals surface area (Å²) in [4.78, 5) is 0. The van der Waals surface area contributed by atoms with Crippen LogP contribution < -0.4 is 5.32 Å². The summed E-state index contributed by atoms with van der Waals surface area (Å²) in [7, 11) is 0. The first kappa shape index (κ1) is 9.51. The number of rotatable bonds is 5. The van der Waals surface area contributed by atoms with E-state index in [0.717, 1.165) is 17.8 Å². The van der Waals surface area contributed by atoms with Gasteiger partial charge in [-0.3, -0.25) is 0 Å². The minimum Gasteiger partial charge on any atom is -0.316 e. The summed E-state index contributed by atoms with van der Waals surface area (Å²) >= 11 is 0. The van der Waals surface area contributed by atoms with Crippen molar-refractivity contribution >= 4 is 0 Å². The molecule has 0 amide bonds. The maximum atomic E-state index is 3.57. The maximum absolute atomic E-state index is 3.57. The Labute approximate surface area is 82.3 Å². The Bertz CT molecular complexity index is 151. The molecule has 2 atom stereocenters. The van der Waals surface area contributed by atoms with Crippen molar-refractivity contribution in [1.29, 1.82) is 0 Å². The van der Waals surface area contributed by atoms with E-state index in [2.05, 4.69) is 12.2 Å². The van der Waals surface area contributed by atoms with Crippen molar-refractivity contribution in [3.8, 4) is 0 Å². The predicted octanol–water partition coefficient (Wildman–Crippen LogP) is 2.81. The lowest BCUT2D eigenvalue weighted by Crippen LogP contribution is -2.41. The van der Waals surface area contributed by atoms with Gasteiger partial charge in [-0.15, -0.1) is 0 Å². The first-order chi connectivity index (χ1) is 6.42. The van der Waals surface area contributed by atoms with Crippen LogP contribution in [0.3, 0.4) is 0 Å². The lowest BCUT2D eigenvalue weighted by atomic mass is 9.61. The number of hydrogen-bond donors (Lipinski definition) is 1. The van der Waals surface area contributed by atoms with E-state index < -0.39 is 0 Å². The molecule has 0 spiro atoms. The third-order valence-corrected chi connectivity index (χ3v) is 4.06. The molecule has 2 rings (SSSR count). The van der Waals surface area contributed by atoms with Gasteiger partial charge in [0.15, 0.2) is 0 Å². The van der Waals surface area contributed by atoms with E-state index in [-0.39, 0.29) is 0 Å². The van der Waals surface area contributed by atoms with Gasteiger partial charge in [-0.25, -0.2) is 0 Å². The molecule has 0 aromatic rings. The molecule has 76 valence electrons. The second kappa shape index (κ2) is 4.45. The van der Waals surface area contributed by atoms with Crippen LogP contribution in [0.2, 0.25) is 0 Å². The van der Waals surface area contributed by atoms with Gasteiger partial charge in [0, 0.05) is 0 Å². The van der Waals surface area contributed by atoms with Crippen molar-refractivity contribution in [3.05, 3.63) is 0 Å². The molecule has 0 heterocycles. The van der Waals surface area contributed by atoms with Crippen molar-refractivity contribution in [3.63, 3.8) is 0 Å². The molecule has 0 radical (unpaired) electrons. The largest absolute Gasteiger partial charge is 0.316 e. The predicted molar refractivity (Wildman–Crippen MR) is 56.7 cm³/mol. The van der Waals surface area contributed by atoms with Crippen LogP contribution in [-0.2, 0) is 0 Å². The Kier molecular flexibility index (Phi) is 3.26. The third kappa shape index (κ3) is 2.07. The Morgan fingerprint density at radius 3 is 2.46 bits per heavy atom. The van der Waals surface area contributed by atoms with Gasteiger partial charge in [-0.2, -0.15) is 0 Å². The second-order valence-corrected chi connectivity index (χ2v) is 4.90. The van der Waals surface area contributed by atoms with E-state index in [1.165, 1.54) is 51.6 Å². The molecule has 0 aliphatic heterocycles. The highest BCUT2D eigenvalue weighted by atomic mass is 14.9. The summed E-state index contributed by atoms with van der Waals surface area (Å²) in [5, 5.41) is 3.57. The minimum atomic E-state index is 1.04. The Balaban J connectivity index is 1.62. The highest BCUT2D eigenvalue weighted by molar-refractivity contribution is 4.90. The second-order valence-electron chi connectivity index (χ2n) is 4.90. The van der Waals surface area contributed by atoms with Crippen molar-refractivity contribution in [2.45, 2.75) is 45.4 Å². The summed E-state index contributed by atoms with van der Waals surface area (Å²) in [5.41, 5.74) is 0. The molecule has 2 unspecified atom stereocenters. The van der Waals surface area contributed by atoms with Crippen LogP contribution in [-0.4, -0.2) is 13.1 Å². The lowest BCUT2D eigenvalue weighted by Gasteiger charge is -2.46. The molecule has 0 aromatic heterocycles. The van der Waals surface area contributed by atoms with E-state index in [1.807, 2.05) is 0 Å². The summed E-state index contributed by atoms with van der Waals surface area (Å²) in [6.07, 6.45) is 8.89. The van der Waals surface area contributed by atoms with E-state index in [9.17, 15) is 0 Å². The Morgan fingerprint density at radius 2 is 2.00 bits per heavy atom. The Hall–Kier alpha value is -0.0400. The lowest BCUT2D eigenvalue weighted by molar-refractivity contribution is 0.0560. The van der Waals surface area contributed by atoms with Crippen LogP contribution in [0.15, 0.2) is 0 Å². The fourth-order valence-electron chi connectivity index (χ4n) is 2.80. The standard InChI is InChI=1S/C12H23N/c1-2-8-13-9-11-6-7-12(11)10-4-3-5-10/h10-13H,2-9H2,1H3. The SMILES string of the molecule is CCCNCC1CCC1C1CCC1. The fraction of sp³-hybridized carbons (Fsp3) is 1.00. The van der Waals surface area contributed by atoms with E-state index in [4.69, 9.17) is 0 Å². The molecular weight excluding hydrogens is 158 g/mol. The van der Waals surface area contributed by atoms with Gasteiger partial charge < -0.3 is 5.32 Å². The van der Waals surface area contributed by atoms with Gasteiger partial charge in [-0.1, -0.05) is 26.2 Å². The van der Waals surface area contributed by atoms with Gasteiger partial charge >= 0.3 is 0 Å². The first-order valence-corrected chi connectivity index (χ1v) is 6.12. The average Bonchev–Trinajstić information content (AvgIpc) is 2.03. The maximum Gasteiger partial charge on any atom is -0.00178 e. The molecule has 1 N–H and O–H groups in total. The smallest absolute Gasteiger partial charge is 0.00178 e. The topological polar surface area (TPSA) is 12.0 Å². The summed E-state index contributed by atoms with van der Waals surface area (Å²) in [6, 6.07) is 0. The van der Waals surface area contributed by atoms with Crippen LogP contribution in [0.25, 0.3) is 0 Å². The van der Waals surface area contributed by atoms with Crippen molar-refractivity contribution in [2.24, 2.45) is 17.8 Å². The minimum absolute atomic E-state index is 1.04. The van der Waals surface area contributed by atoms with Crippen molar-refractivity contribution < 1.29 is 0 Å².